The Balaban J connectivity index is 2.52. The highest BCUT2D eigenvalue weighted by molar-refractivity contribution is 7.92. The largest absolute Gasteiger partial charge is 0.497 e. The first kappa shape index (κ1) is 29.0. The van der Waals surface area contributed by atoms with Crippen molar-refractivity contribution in [2.24, 2.45) is 0 Å². The molecular weight excluding hydrogens is 482 g/mol. The van der Waals surface area contributed by atoms with E-state index in [1.807, 2.05) is 58.0 Å². The van der Waals surface area contributed by atoms with Crippen molar-refractivity contribution in [1.82, 2.24) is 10.2 Å². The zero-order chi connectivity index (χ0) is 27.1. The Labute approximate surface area is 214 Å². The summed E-state index contributed by atoms with van der Waals surface area (Å²) < 4.78 is 37.3. The SMILES string of the molecule is CCC(C(=O)NC(C)(C)C)N(Cc1ccccc1)C(=O)CN(c1cc(OC)ccc1OC)S(C)(=O)=O. The molecule has 198 valence electrons. The fourth-order valence-corrected chi connectivity index (χ4v) is 4.58. The molecule has 0 radical (unpaired) electrons. The van der Waals surface area contributed by atoms with Crippen LogP contribution in [0.3, 0.4) is 0 Å². The van der Waals surface area contributed by atoms with Gasteiger partial charge < -0.3 is 19.7 Å². The van der Waals surface area contributed by atoms with Gasteiger partial charge in [-0.2, -0.15) is 0 Å². The summed E-state index contributed by atoms with van der Waals surface area (Å²) in [7, 11) is -1.03. The molecule has 2 rings (SSSR count). The molecule has 2 aromatic carbocycles. The Hall–Kier alpha value is -3.27. The monoisotopic (exact) mass is 519 g/mol. The summed E-state index contributed by atoms with van der Waals surface area (Å²) in [6.45, 7) is 7.03. The van der Waals surface area contributed by atoms with E-state index in [4.69, 9.17) is 9.47 Å². The molecule has 0 aliphatic carbocycles. The van der Waals surface area contributed by atoms with Gasteiger partial charge in [0.25, 0.3) is 0 Å². The number of ether oxygens (including phenoxy) is 2. The van der Waals surface area contributed by atoms with Crippen molar-refractivity contribution in [3.63, 3.8) is 0 Å². The van der Waals surface area contributed by atoms with Crippen LogP contribution in [0.15, 0.2) is 48.5 Å². The average Bonchev–Trinajstić information content (AvgIpc) is 2.80. The highest BCUT2D eigenvalue weighted by Gasteiger charge is 2.33. The lowest BCUT2D eigenvalue weighted by Crippen LogP contribution is -2.55. The predicted octanol–water partition coefficient (Wildman–Crippen LogP) is 3.19. The number of benzene rings is 2. The quantitative estimate of drug-likeness (QED) is 0.489. The van der Waals surface area contributed by atoms with Crippen molar-refractivity contribution in [2.75, 3.05) is 31.3 Å². The standard InChI is InChI=1S/C26H37N3O6S/c1-8-21(25(31)27-26(2,3)4)28(17-19-12-10-9-11-13-19)24(30)18-29(36(7,32)33)22-16-20(34-5)14-15-23(22)35-6/h9-16,21H,8,17-18H2,1-7H3,(H,27,31). The van der Waals surface area contributed by atoms with Gasteiger partial charge in [0.05, 0.1) is 26.2 Å². The molecule has 1 unspecified atom stereocenters. The number of carbonyl (C=O) groups is 2. The molecule has 0 spiro atoms. The minimum absolute atomic E-state index is 0.141. The minimum Gasteiger partial charge on any atom is -0.497 e. The molecule has 2 aromatic rings. The minimum atomic E-state index is -3.91. The number of sulfonamides is 1. The third-order valence-electron chi connectivity index (χ3n) is 5.41. The number of hydrogen-bond acceptors (Lipinski definition) is 6. The van der Waals surface area contributed by atoms with E-state index in [1.165, 1.54) is 25.2 Å². The van der Waals surface area contributed by atoms with E-state index < -0.39 is 34.1 Å². The molecular formula is C26H37N3O6S. The first-order valence-corrected chi connectivity index (χ1v) is 13.5. The lowest BCUT2D eigenvalue weighted by atomic mass is 10.1. The zero-order valence-corrected chi connectivity index (χ0v) is 22.9. The van der Waals surface area contributed by atoms with E-state index in [0.717, 1.165) is 16.1 Å². The number of nitrogens with zero attached hydrogens (tertiary/aromatic N) is 2. The summed E-state index contributed by atoms with van der Waals surface area (Å²) in [6, 6.07) is 13.2. The van der Waals surface area contributed by atoms with Crippen LogP contribution in [-0.4, -0.2) is 63.7 Å². The van der Waals surface area contributed by atoms with E-state index in [2.05, 4.69) is 5.32 Å². The maximum Gasteiger partial charge on any atom is 0.244 e. The van der Waals surface area contributed by atoms with E-state index in [-0.39, 0.29) is 23.9 Å². The van der Waals surface area contributed by atoms with Gasteiger partial charge in [0.2, 0.25) is 21.8 Å². The number of amides is 2. The lowest BCUT2D eigenvalue weighted by Gasteiger charge is -2.34. The van der Waals surface area contributed by atoms with E-state index in [9.17, 15) is 18.0 Å². The summed E-state index contributed by atoms with van der Waals surface area (Å²) in [5.74, 6) is -0.158. The molecule has 0 saturated carbocycles. The fraction of sp³-hybridized carbons (Fsp3) is 0.462. The number of anilines is 1. The smallest absolute Gasteiger partial charge is 0.244 e. The summed E-state index contributed by atoms with van der Waals surface area (Å²) in [5, 5.41) is 2.94. The molecule has 36 heavy (non-hydrogen) atoms. The van der Waals surface area contributed by atoms with Crippen LogP contribution < -0.4 is 19.1 Å². The summed E-state index contributed by atoms with van der Waals surface area (Å²) in [4.78, 5) is 28.4. The second-order valence-electron chi connectivity index (χ2n) is 9.48. The number of rotatable bonds is 11. The van der Waals surface area contributed by atoms with Gasteiger partial charge in [-0.05, 0) is 44.9 Å². The average molecular weight is 520 g/mol. The van der Waals surface area contributed by atoms with Crippen LogP contribution in [0.2, 0.25) is 0 Å². The Kier molecular flexibility index (Phi) is 9.75. The second kappa shape index (κ2) is 12.1. The fourth-order valence-electron chi connectivity index (χ4n) is 3.74. The zero-order valence-electron chi connectivity index (χ0n) is 22.1. The van der Waals surface area contributed by atoms with Gasteiger partial charge in [0.1, 0.15) is 24.1 Å². The van der Waals surface area contributed by atoms with Gasteiger partial charge in [-0.25, -0.2) is 8.42 Å². The van der Waals surface area contributed by atoms with Gasteiger partial charge in [0, 0.05) is 18.2 Å². The van der Waals surface area contributed by atoms with Crippen LogP contribution in [0.1, 0.15) is 39.7 Å². The molecule has 0 fully saturated rings. The van der Waals surface area contributed by atoms with Crippen molar-refractivity contribution < 1.29 is 27.5 Å². The Bertz CT molecular complexity index is 1150. The van der Waals surface area contributed by atoms with Crippen molar-refractivity contribution >= 4 is 27.5 Å². The summed E-state index contributed by atoms with van der Waals surface area (Å²) in [6.07, 6.45) is 1.37. The maximum atomic E-state index is 13.8. The highest BCUT2D eigenvalue weighted by Crippen LogP contribution is 2.34. The lowest BCUT2D eigenvalue weighted by molar-refractivity contribution is -0.141. The molecule has 0 aliphatic rings. The van der Waals surface area contributed by atoms with Gasteiger partial charge >= 0.3 is 0 Å². The number of methoxy groups -OCH3 is 2. The third kappa shape index (κ3) is 7.87. The first-order valence-electron chi connectivity index (χ1n) is 11.7. The van der Waals surface area contributed by atoms with Gasteiger partial charge in [-0.3, -0.25) is 13.9 Å². The molecule has 0 aliphatic heterocycles. The summed E-state index contributed by atoms with van der Waals surface area (Å²) in [5.41, 5.74) is 0.482. The number of hydrogen-bond donors (Lipinski definition) is 1. The Morgan fingerprint density at radius 2 is 1.67 bits per heavy atom. The van der Waals surface area contributed by atoms with Crippen molar-refractivity contribution in [3.8, 4) is 11.5 Å². The molecule has 2 amide bonds. The van der Waals surface area contributed by atoms with Crippen LogP contribution in [0.4, 0.5) is 5.69 Å². The predicted molar refractivity (Wildman–Crippen MR) is 141 cm³/mol. The van der Waals surface area contributed by atoms with Gasteiger partial charge in [-0.15, -0.1) is 0 Å². The third-order valence-corrected chi connectivity index (χ3v) is 6.54. The molecule has 0 heterocycles. The normalized spacial score (nSPS) is 12.4. The van der Waals surface area contributed by atoms with Gasteiger partial charge in [0.15, 0.2) is 0 Å². The maximum absolute atomic E-state index is 13.8. The molecule has 9 nitrogen and oxygen atoms in total. The van der Waals surface area contributed by atoms with Crippen LogP contribution >= 0.6 is 0 Å². The van der Waals surface area contributed by atoms with Crippen LogP contribution in [0.5, 0.6) is 11.5 Å². The highest BCUT2D eigenvalue weighted by atomic mass is 32.2. The first-order chi connectivity index (χ1) is 16.8. The van der Waals surface area contributed by atoms with Crippen molar-refractivity contribution in [2.45, 2.75) is 52.2 Å². The molecule has 0 aromatic heterocycles. The van der Waals surface area contributed by atoms with Crippen molar-refractivity contribution in [1.29, 1.82) is 0 Å². The molecule has 1 atom stereocenters. The molecule has 1 N–H and O–H groups in total. The van der Waals surface area contributed by atoms with E-state index in [0.29, 0.717) is 12.2 Å². The second-order valence-corrected chi connectivity index (χ2v) is 11.4. The van der Waals surface area contributed by atoms with Gasteiger partial charge in [-0.1, -0.05) is 37.3 Å². The van der Waals surface area contributed by atoms with E-state index in [1.54, 1.807) is 12.1 Å². The Morgan fingerprint density at radius 1 is 1.03 bits per heavy atom. The molecule has 10 heteroatoms. The molecule has 0 saturated heterocycles. The van der Waals surface area contributed by atoms with Crippen LogP contribution in [0.25, 0.3) is 0 Å². The molecule has 0 bridgehead atoms. The summed E-state index contributed by atoms with van der Waals surface area (Å²) >= 11 is 0. The van der Waals surface area contributed by atoms with Crippen molar-refractivity contribution in [3.05, 3.63) is 54.1 Å². The number of carbonyl (C=O) groups excluding carboxylic acids is 2. The van der Waals surface area contributed by atoms with Crippen LogP contribution in [-0.2, 0) is 26.2 Å². The van der Waals surface area contributed by atoms with E-state index >= 15 is 0 Å². The topological polar surface area (TPSA) is 105 Å². The Morgan fingerprint density at radius 3 is 2.17 bits per heavy atom. The number of nitrogens with one attached hydrogen (secondary N) is 1. The van der Waals surface area contributed by atoms with Crippen LogP contribution in [0, 0.1) is 0 Å².